The maximum Gasteiger partial charge on any atom is 0.251 e. The van der Waals surface area contributed by atoms with Crippen LogP contribution in [0.1, 0.15) is 23.2 Å². The molecule has 7 heteroatoms. The molecule has 2 rings (SSSR count). The number of rotatable bonds is 4. The predicted octanol–water partition coefficient (Wildman–Crippen LogP) is 2.12. The molecular formula is C13H17F2N3OS. The first kappa shape index (κ1) is 15.1. The molecule has 4 nitrogen and oxygen atoms in total. The topological polar surface area (TPSA) is 67.1 Å². The van der Waals surface area contributed by atoms with Crippen LogP contribution in [-0.2, 0) is 0 Å². The third-order valence-corrected chi connectivity index (χ3v) is 4.39. The quantitative estimate of drug-likeness (QED) is 0.589. The number of halogens is 2. The van der Waals surface area contributed by atoms with Crippen LogP contribution in [0.4, 0.5) is 14.5 Å². The van der Waals surface area contributed by atoms with Gasteiger partial charge in [-0.3, -0.25) is 10.6 Å². The molecule has 0 bridgehead atoms. The fourth-order valence-corrected chi connectivity index (χ4v) is 3.34. The summed E-state index contributed by atoms with van der Waals surface area (Å²) in [5.74, 6) is 5.41. The Kier molecular flexibility index (Phi) is 5.19. The number of hydrogen-bond donors (Lipinski definition) is 3. The summed E-state index contributed by atoms with van der Waals surface area (Å²) in [5.41, 5.74) is 1.45. The number of thioether (sulfide) groups is 1. The van der Waals surface area contributed by atoms with E-state index in [1.807, 2.05) is 17.2 Å². The van der Waals surface area contributed by atoms with Gasteiger partial charge in [-0.2, -0.15) is 11.8 Å². The number of hydrogen-bond acceptors (Lipinski definition) is 4. The van der Waals surface area contributed by atoms with Crippen molar-refractivity contribution in [3.05, 3.63) is 29.3 Å². The van der Waals surface area contributed by atoms with Crippen LogP contribution in [0.25, 0.3) is 0 Å². The highest BCUT2D eigenvalue weighted by Crippen LogP contribution is 2.22. The molecule has 1 aromatic rings. The lowest BCUT2D eigenvalue weighted by atomic mass is 10.0. The van der Waals surface area contributed by atoms with E-state index >= 15 is 0 Å². The van der Waals surface area contributed by atoms with Gasteiger partial charge in [-0.05, 0) is 42.4 Å². The van der Waals surface area contributed by atoms with E-state index in [-0.39, 0.29) is 5.56 Å². The van der Waals surface area contributed by atoms with E-state index in [1.54, 1.807) is 0 Å². The fourth-order valence-electron chi connectivity index (χ4n) is 2.13. The largest absolute Gasteiger partial charge is 0.352 e. The Bertz CT molecular complexity index is 469. The summed E-state index contributed by atoms with van der Waals surface area (Å²) in [7, 11) is 0. The van der Waals surface area contributed by atoms with Crippen LogP contribution in [0.15, 0.2) is 12.1 Å². The summed E-state index contributed by atoms with van der Waals surface area (Å²) in [5, 5.41) is 2.73. The maximum absolute atomic E-state index is 13.5. The molecular weight excluding hydrogens is 284 g/mol. The molecule has 110 valence electrons. The maximum atomic E-state index is 13.5. The summed E-state index contributed by atoms with van der Waals surface area (Å²) in [4.78, 5) is 11.9. The zero-order valence-corrected chi connectivity index (χ0v) is 11.7. The highest BCUT2D eigenvalue weighted by Gasteiger charge is 2.17. The number of carbonyl (C=O) groups excluding carboxylic acids is 1. The lowest BCUT2D eigenvalue weighted by Crippen LogP contribution is -2.31. The van der Waals surface area contributed by atoms with E-state index in [0.717, 1.165) is 36.5 Å². The van der Waals surface area contributed by atoms with Crippen LogP contribution in [0.2, 0.25) is 0 Å². The van der Waals surface area contributed by atoms with Crippen LogP contribution in [0.5, 0.6) is 0 Å². The van der Waals surface area contributed by atoms with E-state index in [2.05, 4.69) is 5.32 Å². The summed E-state index contributed by atoms with van der Waals surface area (Å²) in [6, 6.07) is 1.95. The van der Waals surface area contributed by atoms with Crippen molar-refractivity contribution in [3.63, 3.8) is 0 Å². The van der Waals surface area contributed by atoms with Gasteiger partial charge in [-0.15, -0.1) is 0 Å². The van der Waals surface area contributed by atoms with Crippen molar-refractivity contribution in [1.29, 1.82) is 0 Å². The Balaban J connectivity index is 1.98. The van der Waals surface area contributed by atoms with E-state index < -0.39 is 23.2 Å². The van der Waals surface area contributed by atoms with Crippen molar-refractivity contribution in [3.8, 4) is 0 Å². The fraction of sp³-hybridized carbons (Fsp3) is 0.462. The molecule has 1 heterocycles. The second kappa shape index (κ2) is 6.90. The van der Waals surface area contributed by atoms with Crippen molar-refractivity contribution in [2.75, 3.05) is 23.5 Å². The molecule has 0 spiro atoms. The molecule has 1 fully saturated rings. The predicted molar refractivity (Wildman–Crippen MR) is 76.6 cm³/mol. The number of carbonyl (C=O) groups is 1. The third kappa shape index (κ3) is 3.61. The Hall–Kier alpha value is -1.34. The molecule has 1 amide bonds. The van der Waals surface area contributed by atoms with Gasteiger partial charge in [-0.1, -0.05) is 0 Å². The number of anilines is 1. The van der Waals surface area contributed by atoms with Crippen LogP contribution >= 0.6 is 11.8 Å². The third-order valence-electron chi connectivity index (χ3n) is 3.34. The Morgan fingerprint density at radius 3 is 2.45 bits per heavy atom. The van der Waals surface area contributed by atoms with Gasteiger partial charge in [-0.25, -0.2) is 8.78 Å². The monoisotopic (exact) mass is 301 g/mol. The number of nitrogens with two attached hydrogens (primary N) is 1. The van der Waals surface area contributed by atoms with Gasteiger partial charge in [0.1, 0.15) is 5.69 Å². The molecule has 4 N–H and O–H groups in total. The molecule has 0 unspecified atom stereocenters. The average molecular weight is 301 g/mol. The standard InChI is InChI=1S/C13H17F2N3OS/c14-10-5-9(6-11(15)12(10)18-16)13(19)17-7-8-1-3-20-4-2-8/h5-6,8,18H,1-4,7,16H2,(H,17,19). The molecule has 0 aliphatic carbocycles. The van der Waals surface area contributed by atoms with Gasteiger partial charge in [0.25, 0.3) is 5.91 Å². The smallest absolute Gasteiger partial charge is 0.251 e. The van der Waals surface area contributed by atoms with E-state index in [0.29, 0.717) is 12.5 Å². The summed E-state index contributed by atoms with van der Waals surface area (Å²) >= 11 is 1.91. The van der Waals surface area contributed by atoms with Crippen molar-refractivity contribution in [2.45, 2.75) is 12.8 Å². The first-order chi connectivity index (χ1) is 9.61. The number of benzene rings is 1. The van der Waals surface area contributed by atoms with Crippen LogP contribution in [0.3, 0.4) is 0 Å². The minimum absolute atomic E-state index is 0.0378. The molecule has 1 saturated heterocycles. The van der Waals surface area contributed by atoms with Gasteiger partial charge < -0.3 is 10.7 Å². The molecule has 0 radical (unpaired) electrons. The normalized spacial score (nSPS) is 15.9. The molecule has 0 atom stereocenters. The average Bonchev–Trinajstić information content (AvgIpc) is 2.45. The van der Waals surface area contributed by atoms with Gasteiger partial charge in [0.05, 0.1) is 0 Å². The Labute approximate surface area is 120 Å². The van der Waals surface area contributed by atoms with Gasteiger partial charge in [0, 0.05) is 12.1 Å². The molecule has 1 aliphatic rings. The second-order valence-electron chi connectivity index (χ2n) is 4.73. The van der Waals surface area contributed by atoms with Crippen molar-refractivity contribution in [2.24, 2.45) is 11.8 Å². The van der Waals surface area contributed by atoms with Gasteiger partial charge >= 0.3 is 0 Å². The molecule has 1 aliphatic heterocycles. The van der Waals surface area contributed by atoms with Crippen LogP contribution < -0.4 is 16.6 Å². The molecule has 20 heavy (non-hydrogen) atoms. The minimum atomic E-state index is -0.883. The molecule has 0 saturated carbocycles. The molecule has 0 aromatic heterocycles. The molecule has 1 aromatic carbocycles. The van der Waals surface area contributed by atoms with Crippen LogP contribution in [0, 0.1) is 17.6 Å². The van der Waals surface area contributed by atoms with Crippen LogP contribution in [-0.4, -0.2) is 24.0 Å². The number of nitrogens with one attached hydrogen (secondary N) is 2. The zero-order chi connectivity index (χ0) is 14.5. The van der Waals surface area contributed by atoms with E-state index in [1.165, 1.54) is 0 Å². The lowest BCUT2D eigenvalue weighted by molar-refractivity contribution is 0.0945. The Morgan fingerprint density at radius 2 is 1.90 bits per heavy atom. The zero-order valence-electron chi connectivity index (χ0n) is 10.9. The summed E-state index contributed by atoms with van der Waals surface area (Å²) in [6.07, 6.45) is 2.12. The van der Waals surface area contributed by atoms with Crippen molar-refractivity contribution in [1.82, 2.24) is 5.32 Å². The summed E-state index contributed by atoms with van der Waals surface area (Å²) < 4.78 is 27.0. The Morgan fingerprint density at radius 1 is 1.30 bits per heavy atom. The van der Waals surface area contributed by atoms with Gasteiger partial charge in [0.2, 0.25) is 0 Å². The highest BCUT2D eigenvalue weighted by molar-refractivity contribution is 7.99. The van der Waals surface area contributed by atoms with Crippen molar-refractivity contribution < 1.29 is 13.6 Å². The van der Waals surface area contributed by atoms with Gasteiger partial charge in [0.15, 0.2) is 11.6 Å². The first-order valence-electron chi connectivity index (χ1n) is 6.43. The lowest BCUT2D eigenvalue weighted by Gasteiger charge is -2.21. The highest BCUT2D eigenvalue weighted by atomic mass is 32.2. The SMILES string of the molecule is NNc1c(F)cc(C(=O)NCC2CCSCC2)cc1F. The van der Waals surface area contributed by atoms with Crippen molar-refractivity contribution >= 4 is 23.4 Å². The number of hydrazine groups is 1. The van der Waals surface area contributed by atoms with E-state index in [9.17, 15) is 13.6 Å². The number of nitrogen functional groups attached to an aromatic ring is 1. The van der Waals surface area contributed by atoms with E-state index in [4.69, 9.17) is 5.84 Å². The second-order valence-corrected chi connectivity index (χ2v) is 5.95. The summed E-state index contributed by atoms with van der Waals surface area (Å²) in [6.45, 7) is 0.541. The number of amides is 1. The minimum Gasteiger partial charge on any atom is -0.352 e. The first-order valence-corrected chi connectivity index (χ1v) is 7.59.